The van der Waals surface area contributed by atoms with E-state index < -0.39 is 6.09 Å². The van der Waals surface area contributed by atoms with Crippen molar-refractivity contribution in [2.45, 2.75) is 32.9 Å². The van der Waals surface area contributed by atoms with Crippen molar-refractivity contribution in [1.82, 2.24) is 24.6 Å². The first-order chi connectivity index (χ1) is 14.9. The molecule has 1 atom stereocenters. The second-order valence-electron chi connectivity index (χ2n) is 7.53. The number of aryl methyl sites for hydroxylation is 1. The third-order valence-corrected chi connectivity index (χ3v) is 6.78. The van der Waals surface area contributed by atoms with E-state index in [2.05, 4.69) is 15.1 Å². The molecular formula is C21H19N5O4S. The molecule has 4 heterocycles. The lowest BCUT2D eigenvalue weighted by Crippen LogP contribution is -2.34. The van der Waals surface area contributed by atoms with Crippen molar-refractivity contribution in [3.8, 4) is 11.4 Å². The number of rotatable bonds is 3. The van der Waals surface area contributed by atoms with Gasteiger partial charge in [-0.05, 0) is 24.5 Å². The summed E-state index contributed by atoms with van der Waals surface area (Å²) in [5.41, 5.74) is 2.62. The number of amides is 1. The van der Waals surface area contributed by atoms with Crippen LogP contribution in [0.25, 0.3) is 21.6 Å². The molecule has 10 heteroatoms. The monoisotopic (exact) mass is 437 g/mol. The van der Waals surface area contributed by atoms with Crippen LogP contribution in [0.4, 0.5) is 4.79 Å². The summed E-state index contributed by atoms with van der Waals surface area (Å²) in [6, 6.07) is 7.46. The van der Waals surface area contributed by atoms with Crippen LogP contribution >= 0.6 is 11.3 Å². The highest BCUT2D eigenvalue weighted by molar-refractivity contribution is 7.18. The Balaban J connectivity index is 1.49. The maximum atomic E-state index is 13.4. The van der Waals surface area contributed by atoms with E-state index in [0.717, 1.165) is 21.6 Å². The summed E-state index contributed by atoms with van der Waals surface area (Å²) in [7, 11) is 0. The van der Waals surface area contributed by atoms with Gasteiger partial charge in [-0.2, -0.15) is 4.98 Å². The first kappa shape index (κ1) is 19.4. The van der Waals surface area contributed by atoms with Crippen LogP contribution in [0.5, 0.6) is 0 Å². The predicted molar refractivity (Wildman–Crippen MR) is 114 cm³/mol. The summed E-state index contributed by atoms with van der Waals surface area (Å²) in [6.07, 6.45) is 1.15. The Labute approximate surface area is 180 Å². The van der Waals surface area contributed by atoms with Gasteiger partial charge in [0.05, 0.1) is 24.3 Å². The standard InChI is InChI=1S/C21H19N5O4S/c1-11(13-3-5-14(6-4-13)18-23-12(2)30-24-18)26-10-22-19-17(20(26)27)15-7-8-25(21(28)29)9-16(15)31-19/h3-6,10-11H,7-9H2,1-2H3,(H,28,29). The fourth-order valence-corrected chi connectivity index (χ4v) is 5.12. The summed E-state index contributed by atoms with van der Waals surface area (Å²) in [6.45, 7) is 4.38. The number of benzene rings is 1. The third kappa shape index (κ3) is 3.28. The molecular weight excluding hydrogens is 418 g/mol. The van der Waals surface area contributed by atoms with Gasteiger partial charge < -0.3 is 14.5 Å². The van der Waals surface area contributed by atoms with Gasteiger partial charge in [0.1, 0.15) is 4.83 Å². The zero-order valence-corrected chi connectivity index (χ0v) is 17.7. The fraction of sp³-hybridized carbons (Fsp3) is 0.286. The highest BCUT2D eigenvalue weighted by Crippen LogP contribution is 2.33. The lowest BCUT2D eigenvalue weighted by atomic mass is 10.0. The maximum absolute atomic E-state index is 13.4. The number of hydrogen-bond donors (Lipinski definition) is 1. The Hall–Kier alpha value is -3.53. The molecule has 1 aromatic carbocycles. The van der Waals surface area contributed by atoms with E-state index in [9.17, 15) is 14.7 Å². The molecule has 0 saturated carbocycles. The number of carbonyl (C=O) groups is 1. The second kappa shape index (κ2) is 7.31. The van der Waals surface area contributed by atoms with Crippen LogP contribution in [0.1, 0.15) is 34.9 Å². The van der Waals surface area contributed by atoms with Crippen molar-refractivity contribution < 1.29 is 14.4 Å². The van der Waals surface area contributed by atoms with Crippen LogP contribution in [0.15, 0.2) is 39.9 Å². The smallest absolute Gasteiger partial charge is 0.407 e. The first-order valence-electron chi connectivity index (χ1n) is 9.82. The SMILES string of the molecule is Cc1nc(-c2ccc(C(C)n3cnc4sc5c(c4c3=O)CCN(C(=O)O)C5)cc2)no1. The van der Waals surface area contributed by atoms with E-state index in [-0.39, 0.29) is 11.6 Å². The molecule has 0 spiro atoms. The van der Waals surface area contributed by atoms with E-state index in [1.165, 1.54) is 16.2 Å². The average Bonchev–Trinajstić information content (AvgIpc) is 3.36. The molecule has 9 nitrogen and oxygen atoms in total. The second-order valence-corrected chi connectivity index (χ2v) is 8.61. The lowest BCUT2D eigenvalue weighted by molar-refractivity contribution is 0.140. The minimum absolute atomic E-state index is 0.100. The molecule has 0 fully saturated rings. The highest BCUT2D eigenvalue weighted by atomic mass is 32.1. The Kier molecular flexibility index (Phi) is 4.58. The molecule has 5 rings (SSSR count). The molecule has 1 N–H and O–H groups in total. The van der Waals surface area contributed by atoms with Gasteiger partial charge in [-0.15, -0.1) is 11.3 Å². The van der Waals surface area contributed by atoms with Gasteiger partial charge in [0.15, 0.2) is 0 Å². The number of nitrogens with zero attached hydrogens (tertiary/aromatic N) is 5. The molecule has 0 radical (unpaired) electrons. The van der Waals surface area contributed by atoms with Crippen molar-refractivity contribution in [3.63, 3.8) is 0 Å². The van der Waals surface area contributed by atoms with Crippen molar-refractivity contribution in [2.75, 3.05) is 6.54 Å². The van der Waals surface area contributed by atoms with Crippen LogP contribution < -0.4 is 5.56 Å². The van der Waals surface area contributed by atoms with Crippen LogP contribution in [-0.4, -0.2) is 42.3 Å². The molecule has 31 heavy (non-hydrogen) atoms. The molecule has 3 aromatic heterocycles. The largest absolute Gasteiger partial charge is 0.465 e. The normalized spacial score (nSPS) is 14.6. The Morgan fingerprint density at radius 3 is 2.74 bits per heavy atom. The molecule has 1 aliphatic rings. The van der Waals surface area contributed by atoms with Crippen LogP contribution in [0.3, 0.4) is 0 Å². The van der Waals surface area contributed by atoms with Gasteiger partial charge in [-0.1, -0.05) is 29.4 Å². The Bertz CT molecular complexity index is 1350. The van der Waals surface area contributed by atoms with Gasteiger partial charge in [-0.25, -0.2) is 9.78 Å². The zero-order valence-electron chi connectivity index (χ0n) is 16.9. The maximum Gasteiger partial charge on any atom is 0.407 e. The van der Waals surface area contributed by atoms with Crippen molar-refractivity contribution in [1.29, 1.82) is 0 Å². The van der Waals surface area contributed by atoms with Gasteiger partial charge in [-0.3, -0.25) is 9.36 Å². The minimum Gasteiger partial charge on any atom is -0.465 e. The van der Waals surface area contributed by atoms with Crippen LogP contribution in [0, 0.1) is 6.92 Å². The minimum atomic E-state index is -0.943. The number of hydrogen-bond acceptors (Lipinski definition) is 7. The Morgan fingerprint density at radius 2 is 2.06 bits per heavy atom. The van der Waals surface area contributed by atoms with Gasteiger partial charge in [0, 0.05) is 23.9 Å². The molecule has 0 aliphatic carbocycles. The van der Waals surface area contributed by atoms with Crippen LogP contribution in [-0.2, 0) is 13.0 Å². The summed E-state index contributed by atoms with van der Waals surface area (Å²) in [5, 5.41) is 13.8. The quantitative estimate of drug-likeness (QED) is 0.522. The van der Waals surface area contributed by atoms with E-state index >= 15 is 0 Å². The van der Waals surface area contributed by atoms with E-state index in [1.807, 2.05) is 31.2 Å². The number of fused-ring (bicyclic) bond motifs is 3. The molecule has 158 valence electrons. The summed E-state index contributed by atoms with van der Waals surface area (Å²) in [5.74, 6) is 1.03. The van der Waals surface area contributed by atoms with E-state index in [4.69, 9.17) is 4.52 Å². The molecule has 1 amide bonds. The lowest BCUT2D eigenvalue weighted by Gasteiger charge is -2.23. The Morgan fingerprint density at radius 1 is 1.29 bits per heavy atom. The first-order valence-corrected chi connectivity index (χ1v) is 10.6. The summed E-state index contributed by atoms with van der Waals surface area (Å²) in [4.78, 5) is 36.3. The average molecular weight is 437 g/mol. The van der Waals surface area contributed by atoms with Gasteiger partial charge in [0.2, 0.25) is 11.7 Å². The van der Waals surface area contributed by atoms with Crippen LogP contribution in [0.2, 0.25) is 0 Å². The molecule has 1 aliphatic heterocycles. The van der Waals surface area contributed by atoms with E-state index in [1.54, 1.807) is 17.8 Å². The molecule has 4 aromatic rings. The molecule has 0 bridgehead atoms. The zero-order chi connectivity index (χ0) is 21.7. The van der Waals surface area contributed by atoms with E-state index in [0.29, 0.717) is 41.4 Å². The number of aromatic nitrogens is 4. The summed E-state index contributed by atoms with van der Waals surface area (Å²) >= 11 is 1.40. The highest BCUT2D eigenvalue weighted by Gasteiger charge is 2.26. The predicted octanol–water partition coefficient (Wildman–Crippen LogP) is 3.46. The number of carboxylic acid groups (broad SMARTS) is 1. The molecule has 0 saturated heterocycles. The third-order valence-electron chi connectivity index (χ3n) is 5.65. The van der Waals surface area contributed by atoms with Crippen molar-refractivity contribution in [3.05, 3.63) is 62.8 Å². The van der Waals surface area contributed by atoms with Gasteiger partial charge in [0.25, 0.3) is 5.56 Å². The summed E-state index contributed by atoms with van der Waals surface area (Å²) < 4.78 is 6.66. The number of thiophene rings is 1. The topological polar surface area (TPSA) is 114 Å². The van der Waals surface area contributed by atoms with Gasteiger partial charge >= 0.3 is 6.09 Å². The molecule has 1 unspecified atom stereocenters. The van der Waals surface area contributed by atoms with Crippen molar-refractivity contribution in [2.24, 2.45) is 0 Å². The fourth-order valence-electron chi connectivity index (χ4n) is 3.92. The van der Waals surface area contributed by atoms with Crippen molar-refractivity contribution >= 4 is 27.6 Å².